The molecule has 28 heavy (non-hydrogen) atoms. The van der Waals surface area contributed by atoms with E-state index < -0.39 is 23.5 Å². The van der Waals surface area contributed by atoms with Crippen LogP contribution in [0.5, 0.6) is 11.5 Å². The molecule has 0 saturated carbocycles. The Morgan fingerprint density at radius 3 is 2.68 bits per heavy atom. The normalized spacial score (nSPS) is 16.7. The van der Waals surface area contributed by atoms with Crippen molar-refractivity contribution in [2.45, 2.75) is 32.7 Å². The minimum Gasteiger partial charge on any atom is -0.504 e. The number of phenolic OH excluding ortho intramolecular Hbond substituents is 1. The van der Waals surface area contributed by atoms with Gasteiger partial charge in [0.25, 0.3) is 5.91 Å². The van der Waals surface area contributed by atoms with E-state index in [0.717, 1.165) is 6.42 Å². The average molecular weight is 385 g/mol. The second-order valence-electron chi connectivity index (χ2n) is 6.48. The lowest BCUT2D eigenvalue weighted by atomic mass is 9.94. The molecule has 0 fully saturated rings. The molecule has 1 aliphatic rings. The van der Waals surface area contributed by atoms with Crippen molar-refractivity contribution in [2.75, 3.05) is 13.2 Å². The minimum atomic E-state index is -0.795. The maximum atomic E-state index is 13.0. The van der Waals surface area contributed by atoms with Crippen LogP contribution in [0.3, 0.4) is 0 Å². The predicted octanol–water partition coefficient (Wildman–Crippen LogP) is 3.76. The van der Waals surface area contributed by atoms with Gasteiger partial charge in [-0.2, -0.15) is 0 Å². The van der Waals surface area contributed by atoms with Gasteiger partial charge < -0.3 is 24.3 Å². The smallest absolute Gasteiger partial charge is 0.290 e. The molecule has 148 valence electrons. The third-order valence-corrected chi connectivity index (χ3v) is 4.65. The lowest BCUT2D eigenvalue weighted by Gasteiger charge is -2.27. The predicted molar refractivity (Wildman–Crippen MR) is 101 cm³/mol. The minimum absolute atomic E-state index is 0.0378. The first-order valence-electron chi connectivity index (χ1n) is 9.27. The summed E-state index contributed by atoms with van der Waals surface area (Å²) in [4.78, 5) is 27.2. The zero-order chi connectivity index (χ0) is 20.3. The van der Waals surface area contributed by atoms with Crippen LogP contribution in [0.1, 0.15) is 48.8 Å². The number of aliphatic hydroxyl groups excluding tert-OH is 1. The van der Waals surface area contributed by atoms with Crippen LogP contribution in [0.25, 0.3) is 0 Å². The third-order valence-electron chi connectivity index (χ3n) is 4.65. The maximum Gasteiger partial charge on any atom is 0.290 e. The summed E-state index contributed by atoms with van der Waals surface area (Å²) >= 11 is 0. The number of unbranched alkanes of at least 4 members (excludes halogenated alkanes) is 1. The molecule has 1 aromatic carbocycles. The molecule has 0 spiro atoms. The molecular weight excluding hydrogens is 362 g/mol. The number of amides is 1. The topological polar surface area (TPSA) is 100 Å². The summed E-state index contributed by atoms with van der Waals surface area (Å²) in [6.45, 7) is 4.51. The Bertz CT molecular complexity index is 900. The number of ketones is 1. The molecule has 7 nitrogen and oxygen atoms in total. The number of rotatable bonds is 8. The molecule has 1 unspecified atom stereocenters. The van der Waals surface area contributed by atoms with Gasteiger partial charge in [-0.05, 0) is 43.2 Å². The molecule has 0 aliphatic carbocycles. The number of benzene rings is 1. The Balaban J connectivity index is 2.09. The van der Waals surface area contributed by atoms with Crippen molar-refractivity contribution in [3.8, 4) is 11.5 Å². The standard InChI is InChI=1S/C21H23NO6/c1-3-5-10-22-18(13-8-9-14(23)16(12-13)27-4-2)17(20(25)21(22)26)19(24)15-7-6-11-28-15/h6-9,11-12,18,23,25H,3-5,10H2,1-2H3. The molecule has 1 amide bonds. The number of phenols is 1. The van der Waals surface area contributed by atoms with Crippen molar-refractivity contribution in [3.63, 3.8) is 0 Å². The number of Topliss-reactive ketones (excluding diaryl/α,β-unsaturated/α-hetero) is 1. The van der Waals surface area contributed by atoms with Gasteiger partial charge in [0.05, 0.1) is 24.5 Å². The highest BCUT2D eigenvalue weighted by atomic mass is 16.5. The molecule has 7 heteroatoms. The largest absolute Gasteiger partial charge is 0.504 e. The molecule has 2 aromatic rings. The molecule has 0 saturated heterocycles. The molecule has 1 aromatic heterocycles. The fraction of sp³-hybridized carbons (Fsp3) is 0.333. The number of aliphatic hydroxyl groups is 1. The Morgan fingerprint density at radius 2 is 2.04 bits per heavy atom. The lowest BCUT2D eigenvalue weighted by Crippen LogP contribution is -2.32. The van der Waals surface area contributed by atoms with Crippen molar-refractivity contribution in [1.29, 1.82) is 0 Å². The fourth-order valence-electron chi connectivity index (χ4n) is 3.30. The van der Waals surface area contributed by atoms with Gasteiger partial charge in [0.15, 0.2) is 23.0 Å². The van der Waals surface area contributed by atoms with Crippen LogP contribution in [0.2, 0.25) is 0 Å². The fourth-order valence-corrected chi connectivity index (χ4v) is 3.30. The van der Waals surface area contributed by atoms with Gasteiger partial charge in [0, 0.05) is 6.54 Å². The number of ether oxygens (including phenoxy) is 1. The van der Waals surface area contributed by atoms with Gasteiger partial charge in [-0.15, -0.1) is 0 Å². The Morgan fingerprint density at radius 1 is 1.25 bits per heavy atom. The Hall–Kier alpha value is -3.22. The third kappa shape index (κ3) is 3.47. The number of carbonyl (C=O) groups is 2. The van der Waals surface area contributed by atoms with Crippen molar-refractivity contribution in [2.24, 2.45) is 0 Å². The molecule has 2 heterocycles. The number of carbonyl (C=O) groups excluding carboxylic acids is 2. The summed E-state index contributed by atoms with van der Waals surface area (Å²) in [6, 6.07) is 6.91. The number of aromatic hydroxyl groups is 1. The van der Waals surface area contributed by atoms with Gasteiger partial charge in [0.1, 0.15) is 0 Å². The molecular formula is C21H23NO6. The van der Waals surface area contributed by atoms with Crippen LogP contribution < -0.4 is 4.74 Å². The van der Waals surface area contributed by atoms with Crippen molar-refractivity contribution < 1.29 is 29.0 Å². The maximum absolute atomic E-state index is 13.0. The number of hydrogen-bond donors (Lipinski definition) is 2. The number of hydrogen-bond acceptors (Lipinski definition) is 6. The highest BCUT2D eigenvalue weighted by Crippen LogP contribution is 2.41. The van der Waals surface area contributed by atoms with E-state index in [1.165, 1.54) is 23.3 Å². The molecule has 0 bridgehead atoms. The summed E-state index contributed by atoms with van der Waals surface area (Å²) in [7, 11) is 0. The summed E-state index contributed by atoms with van der Waals surface area (Å²) < 4.78 is 10.6. The molecule has 2 N–H and O–H groups in total. The highest BCUT2D eigenvalue weighted by Gasteiger charge is 2.44. The quantitative estimate of drug-likeness (QED) is 0.671. The van der Waals surface area contributed by atoms with Crippen LogP contribution in [0, 0.1) is 0 Å². The van der Waals surface area contributed by atoms with Crippen LogP contribution in [0.4, 0.5) is 0 Å². The monoisotopic (exact) mass is 385 g/mol. The first kappa shape index (κ1) is 19.5. The van der Waals surface area contributed by atoms with Crippen molar-refractivity contribution in [3.05, 3.63) is 59.3 Å². The summed E-state index contributed by atoms with van der Waals surface area (Å²) in [5, 5.41) is 20.5. The van der Waals surface area contributed by atoms with Gasteiger partial charge in [-0.25, -0.2) is 0 Å². The second kappa shape index (κ2) is 8.21. The van der Waals surface area contributed by atoms with Crippen LogP contribution in [-0.2, 0) is 4.79 Å². The zero-order valence-electron chi connectivity index (χ0n) is 15.8. The molecule has 1 aliphatic heterocycles. The lowest BCUT2D eigenvalue weighted by molar-refractivity contribution is -0.129. The second-order valence-corrected chi connectivity index (χ2v) is 6.48. The van der Waals surface area contributed by atoms with Gasteiger partial charge in [-0.3, -0.25) is 9.59 Å². The van der Waals surface area contributed by atoms with E-state index in [1.807, 2.05) is 6.92 Å². The van der Waals surface area contributed by atoms with Gasteiger partial charge >= 0.3 is 0 Å². The van der Waals surface area contributed by atoms with Gasteiger partial charge in [-0.1, -0.05) is 19.4 Å². The van der Waals surface area contributed by atoms with Crippen LogP contribution in [-0.4, -0.2) is 40.0 Å². The van der Waals surface area contributed by atoms with Crippen molar-refractivity contribution in [1.82, 2.24) is 4.90 Å². The summed E-state index contributed by atoms with van der Waals surface area (Å²) in [5.41, 5.74) is 0.522. The first-order chi connectivity index (χ1) is 13.5. The van der Waals surface area contributed by atoms with Gasteiger partial charge in [0.2, 0.25) is 5.78 Å². The SMILES string of the molecule is CCCCN1C(=O)C(O)=C(C(=O)c2ccco2)C1c1ccc(O)c(OCC)c1. The van der Waals surface area contributed by atoms with Crippen LogP contribution in [0.15, 0.2) is 52.3 Å². The number of furan rings is 1. The van der Waals surface area contributed by atoms with E-state index in [2.05, 4.69) is 0 Å². The van der Waals surface area contributed by atoms with Crippen molar-refractivity contribution >= 4 is 11.7 Å². The van der Waals surface area contributed by atoms with E-state index >= 15 is 0 Å². The Labute approximate surface area is 162 Å². The highest BCUT2D eigenvalue weighted by molar-refractivity contribution is 6.15. The number of nitrogens with zero attached hydrogens (tertiary/aromatic N) is 1. The van der Waals surface area contributed by atoms with E-state index in [0.29, 0.717) is 25.1 Å². The van der Waals surface area contributed by atoms with E-state index in [-0.39, 0.29) is 22.8 Å². The average Bonchev–Trinajstić information content (AvgIpc) is 3.30. The molecule has 0 radical (unpaired) electrons. The molecule has 3 rings (SSSR count). The van der Waals surface area contributed by atoms with E-state index in [4.69, 9.17) is 9.15 Å². The molecule has 1 atom stereocenters. The van der Waals surface area contributed by atoms with Crippen LogP contribution >= 0.6 is 0 Å². The van der Waals surface area contributed by atoms with E-state index in [9.17, 15) is 19.8 Å². The summed E-state index contributed by atoms with van der Waals surface area (Å²) in [6.07, 6.45) is 2.92. The first-order valence-corrected chi connectivity index (χ1v) is 9.27. The summed E-state index contributed by atoms with van der Waals surface area (Å²) in [5.74, 6) is -1.47. The zero-order valence-corrected chi connectivity index (χ0v) is 15.8. The Kier molecular flexibility index (Phi) is 5.73. The van der Waals surface area contributed by atoms with E-state index in [1.54, 1.807) is 25.1 Å².